The number of carbonyl (C=O) groups is 1. The van der Waals surface area contributed by atoms with Gasteiger partial charge in [-0.1, -0.05) is 0 Å². The van der Waals surface area contributed by atoms with Crippen molar-refractivity contribution in [3.8, 4) is 0 Å². The Morgan fingerprint density at radius 2 is 2.17 bits per heavy atom. The lowest BCUT2D eigenvalue weighted by atomic mass is 9.79. The summed E-state index contributed by atoms with van der Waals surface area (Å²) in [7, 11) is 0. The minimum atomic E-state index is 0.201. The topological polar surface area (TPSA) is 36.7 Å². The molecule has 0 aromatic carbocycles. The van der Waals surface area contributed by atoms with Gasteiger partial charge in [-0.05, 0) is 56.3 Å². The van der Waals surface area contributed by atoms with Gasteiger partial charge in [0, 0.05) is 30.4 Å². The Morgan fingerprint density at radius 3 is 2.92 bits per heavy atom. The number of piperidine rings is 1. The molecule has 1 atom stereocenters. The van der Waals surface area contributed by atoms with Crippen LogP contribution in [0.4, 0.5) is 0 Å². The average Bonchev–Trinajstić information content (AvgIpc) is 3.29. The first-order valence-electron chi connectivity index (χ1n) is 8.73. The van der Waals surface area contributed by atoms with E-state index in [4.69, 9.17) is 4.42 Å². The van der Waals surface area contributed by atoms with Crippen LogP contribution in [0, 0.1) is 12.3 Å². The Balaban J connectivity index is 1.41. The third-order valence-corrected chi connectivity index (χ3v) is 6.09. The normalized spacial score (nSPS) is 24.8. The molecule has 0 saturated carbocycles. The Kier molecular flexibility index (Phi) is 4.22. The molecule has 1 spiro atoms. The minimum absolute atomic E-state index is 0.201. The fourth-order valence-electron chi connectivity index (χ4n) is 4.25. The Morgan fingerprint density at radius 1 is 1.25 bits per heavy atom. The summed E-state index contributed by atoms with van der Waals surface area (Å²) in [6.07, 6.45) is 3.56. The van der Waals surface area contributed by atoms with E-state index in [1.165, 1.54) is 12.8 Å². The number of amides is 1. The van der Waals surface area contributed by atoms with E-state index < -0.39 is 0 Å². The molecule has 2 aromatic heterocycles. The summed E-state index contributed by atoms with van der Waals surface area (Å²) in [5.74, 6) is 2.23. The van der Waals surface area contributed by atoms with Crippen molar-refractivity contribution in [1.82, 2.24) is 9.80 Å². The van der Waals surface area contributed by atoms with Crippen LogP contribution >= 0.6 is 11.3 Å². The van der Waals surface area contributed by atoms with Gasteiger partial charge in [-0.2, -0.15) is 11.3 Å². The van der Waals surface area contributed by atoms with Gasteiger partial charge in [0.1, 0.15) is 11.5 Å². The monoisotopic (exact) mass is 344 g/mol. The van der Waals surface area contributed by atoms with Crippen molar-refractivity contribution < 1.29 is 9.21 Å². The van der Waals surface area contributed by atoms with E-state index in [0.29, 0.717) is 0 Å². The molecule has 2 fully saturated rings. The molecule has 4 rings (SSSR count). The highest BCUT2D eigenvalue weighted by Crippen LogP contribution is 2.40. The van der Waals surface area contributed by atoms with Crippen LogP contribution in [0.3, 0.4) is 0 Å². The maximum Gasteiger partial charge on any atom is 0.254 e. The standard InChI is InChI=1S/C19H24N2O2S/c1-15-3-4-17(23-15)11-20-8-2-6-19(13-20)7-9-21(14-19)18(22)16-5-10-24-12-16/h3-5,10,12H,2,6-9,11,13-14H2,1H3/t19-/m0/s1. The zero-order valence-electron chi connectivity index (χ0n) is 14.2. The molecule has 5 heteroatoms. The molecule has 0 N–H and O–H groups in total. The summed E-state index contributed by atoms with van der Waals surface area (Å²) in [6.45, 7) is 6.86. The van der Waals surface area contributed by atoms with Gasteiger partial charge in [0.05, 0.1) is 12.1 Å². The molecule has 0 unspecified atom stereocenters. The summed E-state index contributed by atoms with van der Waals surface area (Å²) in [4.78, 5) is 17.2. The van der Waals surface area contributed by atoms with Crippen molar-refractivity contribution in [2.45, 2.75) is 32.7 Å². The predicted octanol–water partition coefficient (Wildman–Crippen LogP) is 3.78. The van der Waals surface area contributed by atoms with Crippen LogP contribution in [0.15, 0.2) is 33.4 Å². The maximum atomic E-state index is 12.6. The number of likely N-dealkylation sites (tertiary alicyclic amines) is 2. The van der Waals surface area contributed by atoms with E-state index in [1.807, 2.05) is 29.8 Å². The number of furan rings is 1. The van der Waals surface area contributed by atoms with Gasteiger partial charge >= 0.3 is 0 Å². The van der Waals surface area contributed by atoms with Crippen molar-refractivity contribution >= 4 is 17.2 Å². The van der Waals surface area contributed by atoms with Crippen molar-refractivity contribution in [1.29, 1.82) is 0 Å². The SMILES string of the molecule is Cc1ccc(CN2CCC[C@]3(CCN(C(=O)c4ccsc4)C3)C2)o1. The van der Waals surface area contributed by atoms with Gasteiger partial charge in [-0.3, -0.25) is 9.69 Å². The van der Waals surface area contributed by atoms with Crippen molar-refractivity contribution in [3.05, 3.63) is 46.0 Å². The molecule has 24 heavy (non-hydrogen) atoms. The largest absolute Gasteiger partial charge is 0.465 e. The number of thiophene rings is 1. The van der Waals surface area contributed by atoms with E-state index in [1.54, 1.807) is 11.3 Å². The van der Waals surface area contributed by atoms with E-state index in [0.717, 1.165) is 56.2 Å². The molecular weight excluding hydrogens is 320 g/mol. The molecule has 2 aliphatic heterocycles. The van der Waals surface area contributed by atoms with Gasteiger partial charge < -0.3 is 9.32 Å². The highest BCUT2D eigenvalue weighted by atomic mass is 32.1. The predicted molar refractivity (Wildman–Crippen MR) is 95.2 cm³/mol. The van der Waals surface area contributed by atoms with E-state index >= 15 is 0 Å². The summed E-state index contributed by atoms with van der Waals surface area (Å²) in [6, 6.07) is 6.05. The molecule has 2 saturated heterocycles. The number of carbonyl (C=O) groups excluding carboxylic acids is 1. The summed E-state index contributed by atoms with van der Waals surface area (Å²) >= 11 is 1.59. The number of hydrogen-bond acceptors (Lipinski definition) is 4. The fourth-order valence-corrected chi connectivity index (χ4v) is 4.88. The van der Waals surface area contributed by atoms with Crippen molar-refractivity contribution in [2.75, 3.05) is 26.2 Å². The first kappa shape index (κ1) is 15.9. The first-order chi connectivity index (χ1) is 11.6. The molecule has 0 aliphatic carbocycles. The van der Waals surface area contributed by atoms with Crippen LogP contribution in [0.5, 0.6) is 0 Å². The molecule has 4 nitrogen and oxygen atoms in total. The molecule has 1 amide bonds. The van der Waals surface area contributed by atoms with Crippen molar-refractivity contribution in [2.24, 2.45) is 5.41 Å². The van der Waals surface area contributed by atoms with Gasteiger partial charge in [-0.25, -0.2) is 0 Å². The fraction of sp³-hybridized carbons (Fsp3) is 0.526. The third-order valence-electron chi connectivity index (χ3n) is 5.41. The molecule has 4 heterocycles. The van der Waals surface area contributed by atoms with Crippen LogP contribution in [-0.2, 0) is 6.54 Å². The van der Waals surface area contributed by atoms with Gasteiger partial charge in [0.2, 0.25) is 0 Å². The lowest BCUT2D eigenvalue weighted by Gasteiger charge is -2.40. The van der Waals surface area contributed by atoms with E-state index in [9.17, 15) is 4.79 Å². The Bertz CT molecular complexity index is 709. The third kappa shape index (κ3) is 3.15. The molecule has 2 aromatic rings. The number of aryl methyl sites for hydroxylation is 1. The summed E-state index contributed by atoms with van der Waals surface area (Å²) in [5, 5.41) is 3.94. The highest BCUT2D eigenvalue weighted by molar-refractivity contribution is 7.08. The zero-order valence-corrected chi connectivity index (χ0v) is 15.0. The van der Waals surface area contributed by atoms with Crippen LogP contribution in [-0.4, -0.2) is 41.9 Å². The average molecular weight is 344 g/mol. The molecule has 2 aliphatic rings. The maximum absolute atomic E-state index is 12.6. The lowest BCUT2D eigenvalue weighted by Crippen LogP contribution is -2.44. The van der Waals surface area contributed by atoms with E-state index in [-0.39, 0.29) is 11.3 Å². The second-order valence-corrected chi connectivity index (χ2v) is 8.10. The van der Waals surface area contributed by atoms with Gasteiger partial charge in [0.15, 0.2) is 0 Å². The second kappa shape index (κ2) is 6.37. The molecule has 0 bridgehead atoms. The number of nitrogens with zero attached hydrogens (tertiary/aromatic N) is 2. The summed E-state index contributed by atoms with van der Waals surface area (Å²) < 4.78 is 5.74. The van der Waals surface area contributed by atoms with Crippen molar-refractivity contribution in [3.63, 3.8) is 0 Å². The number of hydrogen-bond donors (Lipinski definition) is 0. The second-order valence-electron chi connectivity index (χ2n) is 7.32. The Hall–Kier alpha value is -1.59. The van der Waals surface area contributed by atoms with Crippen LogP contribution in [0.25, 0.3) is 0 Å². The van der Waals surface area contributed by atoms with E-state index in [2.05, 4.69) is 15.9 Å². The van der Waals surface area contributed by atoms with Crippen LogP contribution in [0.1, 0.15) is 41.1 Å². The Labute approximate surface area is 147 Å². The minimum Gasteiger partial charge on any atom is -0.465 e. The summed E-state index contributed by atoms with van der Waals surface area (Å²) in [5.41, 5.74) is 1.11. The molecule has 128 valence electrons. The highest BCUT2D eigenvalue weighted by Gasteiger charge is 2.42. The molecular formula is C19H24N2O2S. The van der Waals surface area contributed by atoms with Gasteiger partial charge in [0.25, 0.3) is 5.91 Å². The van der Waals surface area contributed by atoms with Crippen LogP contribution in [0.2, 0.25) is 0 Å². The number of rotatable bonds is 3. The first-order valence-corrected chi connectivity index (χ1v) is 9.67. The van der Waals surface area contributed by atoms with Crippen LogP contribution < -0.4 is 0 Å². The quantitative estimate of drug-likeness (QED) is 0.850. The zero-order chi connectivity index (χ0) is 16.6. The molecule has 0 radical (unpaired) electrons. The lowest BCUT2D eigenvalue weighted by molar-refractivity contribution is 0.0659. The smallest absolute Gasteiger partial charge is 0.254 e. The van der Waals surface area contributed by atoms with Gasteiger partial charge in [-0.15, -0.1) is 0 Å².